The first kappa shape index (κ1) is 19.3. The van der Waals surface area contributed by atoms with Crippen molar-refractivity contribution in [3.8, 4) is 0 Å². The molecule has 1 fully saturated rings. The highest BCUT2D eigenvalue weighted by Crippen LogP contribution is 2.28. The molecule has 0 unspecified atom stereocenters. The molecule has 1 saturated heterocycles. The van der Waals surface area contributed by atoms with Crippen LogP contribution in [-0.2, 0) is 11.8 Å². The van der Waals surface area contributed by atoms with Gasteiger partial charge in [-0.3, -0.25) is 9.69 Å². The lowest BCUT2D eigenvalue weighted by Crippen LogP contribution is -2.41. The molecular weight excluding hydrogens is 367 g/mol. The van der Waals surface area contributed by atoms with E-state index in [1.807, 2.05) is 48.1 Å². The van der Waals surface area contributed by atoms with Crippen molar-refractivity contribution in [2.24, 2.45) is 7.05 Å². The molecule has 0 aliphatic carbocycles. The maximum atomic E-state index is 13.5. The van der Waals surface area contributed by atoms with Gasteiger partial charge < -0.3 is 9.88 Å². The molecule has 1 aliphatic rings. The Labute approximate surface area is 170 Å². The fraction of sp³-hybridized carbons (Fsp3) is 0.304. The van der Waals surface area contributed by atoms with E-state index in [-0.39, 0.29) is 17.8 Å². The van der Waals surface area contributed by atoms with Crippen LogP contribution < -0.4 is 5.32 Å². The highest BCUT2D eigenvalue weighted by molar-refractivity contribution is 5.84. The Morgan fingerprint density at radius 2 is 1.72 bits per heavy atom. The number of rotatable bonds is 6. The monoisotopic (exact) mass is 392 g/mol. The van der Waals surface area contributed by atoms with Crippen LogP contribution in [0.25, 0.3) is 0 Å². The number of aryl methyl sites for hydroxylation is 1. The van der Waals surface area contributed by atoms with Gasteiger partial charge in [-0.2, -0.15) is 0 Å². The van der Waals surface area contributed by atoms with Gasteiger partial charge in [-0.05, 0) is 49.2 Å². The van der Waals surface area contributed by atoms with Gasteiger partial charge in [-0.1, -0.05) is 42.5 Å². The standard InChI is InChI=1S/C23H25FN4O/c1-27-16-13-25-22(27)20(17-9-11-19(24)12-10-17)26-23(29)21(28-14-5-6-15-28)18-7-3-2-4-8-18/h2-4,7-13,16,20-21H,5-6,14-15H2,1H3,(H,26,29)/t20-,21-/m0/s1. The number of nitrogens with zero attached hydrogens (tertiary/aromatic N) is 3. The van der Waals surface area contributed by atoms with Crippen molar-refractivity contribution in [1.29, 1.82) is 0 Å². The second kappa shape index (κ2) is 8.57. The minimum atomic E-state index is -0.461. The van der Waals surface area contributed by atoms with Gasteiger partial charge in [-0.15, -0.1) is 0 Å². The van der Waals surface area contributed by atoms with Crippen LogP contribution in [0.3, 0.4) is 0 Å². The molecule has 0 saturated carbocycles. The number of likely N-dealkylation sites (tertiary alicyclic amines) is 1. The number of imidazole rings is 1. The molecule has 0 spiro atoms. The third-order valence-corrected chi connectivity index (χ3v) is 5.48. The van der Waals surface area contributed by atoms with Crippen LogP contribution in [0, 0.1) is 5.82 Å². The zero-order valence-corrected chi connectivity index (χ0v) is 16.5. The minimum absolute atomic E-state index is 0.0737. The molecule has 1 N–H and O–H groups in total. The van der Waals surface area contributed by atoms with Crippen molar-refractivity contribution in [3.63, 3.8) is 0 Å². The summed E-state index contributed by atoms with van der Waals surface area (Å²) in [6, 6.07) is 15.3. The summed E-state index contributed by atoms with van der Waals surface area (Å²) in [5.41, 5.74) is 1.77. The van der Waals surface area contributed by atoms with Gasteiger partial charge in [0.1, 0.15) is 23.7 Å². The molecule has 2 atom stereocenters. The second-order valence-corrected chi connectivity index (χ2v) is 7.45. The molecule has 150 valence electrons. The Hall–Kier alpha value is -2.99. The topological polar surface area (TPSA) is 50.2 Å². The fourth-order valence-electron chi connectivity index (χ4n) is 3.99. The molecule has 1 aromatic heterocycles. The van der Waals surface area contributed by atoms with E-state index in [9.17, 15) is 9.18 Å². The molecule has 0 bridgehead atoms. The summed E-state index contributed by atoms with van der Waals surface area (Å²) in [6.45, 7) is 1.80. The number of nitrogens with one attached hydrogen (secondary N) is 1. The first-order chi connectivity index (χ1) is 14.1. The van der Waals surface area contributed by atoms with Crippen LogP contribution >= 0.6 is 0 Å². The third kappa shape index (κ3) is 4.22. The van der Waals surface area contributed by atoms with Crippen LogP contribution in [0.2, 0.25) is 0 Å². The normalized spacial score (nSPS) is 16.5. The Morgan fingerprint density at radius 1 is 1.03 bits per heavy atom. The highest BCUT2D eigenvalue weighted by Gasteiger charge is 2.32. The summed E-state index contributed by atoms with van der Waals surface area (Å²) in [7, 11) is 1.89. The lowest BCUT2D eigenvalue weighted by molar-refractivity contribution is -0.127. The van der Waals surface area contributed by atoms with Gasteiger partial charge >= 0.3 is 0 Å². The minimum Gasteiger partial charge on any atom is -0.340 e. The number of aromatic nitrogens is 2. The summed E-state index contributed by atoms with van der Waals surface area (Å²) < 4.78 is 15.4. The number of amides is 1. The van der Waals surface area contributed by atoms with Gasteiger partial charge in [0.05, 0.1) is 0 Å². The van der Waals surface area contributed by atoms with E-state index in [1.54, 1.807) is 18.3 Å². The summed E-state index contributed by atoms with van der Waals surface area (Å²) in [4.78, 5) is 20.2. The van der Waals surface area contributed by atoms with Crippen molar-refractivity contribution in [2.45, 2.75) is 24.9 Å². The second-order valence-electron chi connectivity index (χ2n) is 7.45. The Kier molecular flexibility index (Phi) is 5.71. The van der Waals surface area contributed by atoms with Crippen LogP contribution in [0.5, 0.6) is 0 Å². The summed E-state index contributed by atoms with van der Waals surface area (Å²) in [6.07, 6.45) is 5.73. The summed E-state index contributed by atoms with van der Waals surface area (Å²) >= 11 is 0. The van der Waals surface area contributed by atoms with Crippen molar-refractivity contribution in [2.75, 3.05) is 13.1 Å². The van der Waals surface area contributed by atoms with Gasteiger partial charge in [-0.25, -0.2) is 9.37 Å². The average molecular weight is 392 g/mol. The molecule has 1 amide bonds. The molecule has 0 radical (unpaired) electrons. The maximum Gasteiger partial charge on any atom is 0.242 e. The summed E-state index contributed by atoms with van der Waals surface area (Å²) in [5.74, 6) is 0.325. The SMILES string of the molecule is Cn1ccnc1[C@@H](NC(=O)[C@H](c1ccccc1)N1CCCC1)c1ccc(F)cc1. The van der Waals surface area contributed by atoms with Gasteiger partial charge in [0.15, 0.2) is 0 Å². The van der Waals surface area contributed by atoms with E-state index in [0.717, 1.165) is 37.1 Å². The third-order valence-electron chi connectivity index (χ3n) is 5.48. The predicted molar refractivity (Wildman–Crippen MR) is 110 cm³/mol. The molecule has 5 nitrogen and oxygen atoms in total. The molecule has 2 aromatic carbocycles. The first-order valence-electron chi connectivity index (χ1n) is 9.95. The quantitative estimate of drug-likeness (QED) is 0.697. The number of halogens is 1. The van der Waals surface area contributed by atoms with Gasteiger partial charge in [0.25, 0.3) is 0 Å². The van der Waals surface area contributed by atoms with Crippen molar-refractivity contribution in [3.05, 3.63) is 89.8 Å². The number of hydrogen-bond acceptors (Lipinski definition) is 3. The highest BCUT2D eigenvalue weighted by atomic mass is 19.1. The number of benzene rings is 2. The molecule has 2 heterocycles. The zero-order chi connectivity index (χ0) is 20.2. The van der Waals surface area contributed by atoms with E-state index >= 15 is 0 Å². The van der Waals surface area contributed by atoms with E-state index < -0.39 is 6.04 Å². The number of carbonyl (C=O) groups excluding carboxylic acids is 1. The van der Waals surface area contributed by atoms with E-state index in [1.165, 1.54) is 12.1 Å². The fourth-order valence-corrected chi connectivity index (χ4v) is 3.99. The lowest BCUT2D eigenvalue weighted by Gasteiger charge is -2.29. The van der Waals surface area contributed by atoms with E-state index in [2.05, 4.69) is 15.2 Å². The number of carbonyl (C=O) groups is 1. The van der Waals surface area contributed by atoms with Crippen LogP contribution in [0.15, 0.2) is 67.0 Å². The van der Waals surface area contributed by atoms with Crippen molar-refractivity contribution < 1.29 is 9.18 Å². The molecule has 6 heteroatoms. The Bertz CT molecular complexity index is 949. The predicted octanol–water partition coefficient (Wildman–Crippen LogP) is 3.60. The molecule has 29 heavy (non-hydrogen) atoms. The maximum absolute atomic E-state index is 13.5. The van der Waals surface area contributed by atoms with Gasteiger partial charge in [0.2, 0.25) is 5.91 Å². The molecular formula is C23H25FN4O. The average Bonchev–Trinajstić information content (AvgIpc) is 3.40. The van der Waals surface area contributed by atoms with E-state index in [4.69, 9.17) is 0 Å². The summed E-state index contributed by atoms with van der Waals surface area (Å²) in [5, 5.41) is 3.19. The molecule has 4 rings (SSSR count). The molecule has 3 aromatic rings. The Morgan fingerprint density at radius 3 is 2.34 bits per heavy atom. The van der Waals surface area contributed by atoms with Crippen molar-refractivity contribution in [1.82, 2.24) is 19.8 Å². The van der Waals surface area contributed by atoms with E-state index in [0.29, 0.717) is 5.82 Å². The van der Waals surface area contributed by atoms with Crippen LogP contribution in [0.4, 0.5) is 4.39 Å². The van der Waals surface area contributed by atoms with Crippen molar-refractivity contribution >= 4 is 5.91 Å². The first-order valence-corrected chi connectivity index (χ1v) is 9.95. The Balaban J connectivity index is 1.67. The van der Waals surface area contributed by atoms with Crippen LogP contribution in [-0.4, -0.2) is 33.4 Å². The lowest BCUT2D eigenvalue weighted by atomic mass is 10.0. The smallest absolute Gasteiger partial charge is 0.242 e. The zero-order valence-electron chi connectivity index (χ0n) is 16.5. The molecule has 1 aliphatic heterocycles. The number of hydrogen-bond donors (Lipinski definition) is 1. The largest absolute Gasteiger partial charge is 0.340 e. The van der Waals surface area contributed by atoms with Gasteiger partial charge in [0, 0.05) is 19.4 Å². The van der Waals surface area contributed by atoms with Crippen LogP contribution in [0.1, 0.15) is 41.9 Å².